The lowest BCUT2D eigenvalue weighted by atomic mass is 9.93. The van der Waals surface area contributed by atoms with Crippen LogP contribution in [0.25, 0.3) is 11.1 Å². The summed E-state index contributed by atoms with van der Waals surface area (Å²) in [5.74, 6) is -4.75. The van der Waals surface area contributed by atoms with Gasteiger partial charge in [-0.2, -0.15) is 0 Å². The van der Waals surface area contributed by atoms with Gasteiger partial charge in [0.25, 0.3) is 5.56 Å². The summed E-state index contributed by atoms with van der Waals surface area (Å²) >= 11 is 0. The van der Waals surface area contributed by atoms with Crippen LogP contribution in [0, 0.1) is 10.1 Å². The summed E-state index contributed by atoms with van der Waals surface area (Å²) in [6, 6.07) is 2.38. The molecule has 142 valence electrons. The van der Waals surface area contributed by atoms with Crippen molar-refractivity contribution in [3.63, 3.8) is 0 Å². The second-order valence-electron chi connectivity index (χ2n) is 5.05. The van der Waals surface area contributed by atoms with Gasteiger partial charge in [0.05, 0.1) is 19.1 Å². The molecule has 0 atom stereocenters. The molecule has 0 spiro atoms. The number of benzene rings is 1. The molecular weight excluding hydrogens is 366 g/mol. The van der Waals surface area contributed by atoms with E-state index >= 15 is 0 Å². The molecule has 0 aliphatic heterocycles. The average molecular weight is 379 g/mol. The molecule has 2 aromatic rings. The zero-order valence-electron chi connectivity index (χ0n) is 13.9. The number of aromatic amines is 1. The number of hydrogen-bond acceptors (Lipinski definition) is 8. The molecule has 5 N–H and O–H groups in total. The molecule has 2 rings (SSSR count). The topological polar surface area (TPSA) is 195 Å². The molecule has 1 aromatic heterocycles. The summed E-state index contributed by atoms with van der Waals surface area (Å²) < 4.78 is 9.96. The number of nitrogens with two attached hydrogens (primary N) is 1. The number of ether oxygens (including phenoxy) is 2. The van der Waals surface area contributed by atoms with Crippen molar-refractivity contribution < 1.29 is 34.2 Å². The molecule has 0 aliphatic rings. The van der Waals surface area contributed by atoms with E-state index in [0.717, 1.165) is 14.2 Å². The predicted molar refractivity (Wildman–Crippen MR) is 90.6 cm³/mol. The van der Waals surface area contributed by atoms with E-state index in [2.05, 4.69) is 0 Å². The molecule has 0 bridgehead atoms. The number of nitrogens with zero attached hydrogens (tertiary/aromatic N) is 1. The van der Waals surface area contributed by atoms with E-state index in [1.807, 2.05) is 4.98 Å². The fraction of sp³-hybridized carbons (Fsp3) is 0.133. The van der Waals surface area contributed by atoms with E-state index in [9.17, 15) is 34.7 Å². The van der Waals surface area contributed by atoms with Gasteiger partial charge in [-0.3, -0.25) is 14.9 Å². The minimum Gasteiger partial charge on any atom is -0.496 e. The van der Waals surface area contributed by atoms with E-state index in [-0.39, 0.29) is 11.5 Å². The number of aromatic nitrogens is 1. The molecule has 12 heteroatoms. The van der Waals surface area contributed by atoms with Crippen molar-refractivity contribution in [1.29, 1.82) is 0 Å². The number of aromatic carboxylic acids is 2. The number of hydrogen-bond donors (Lipinski definition) is 4. The first-order valence-corrected chi connectivity index (χ1v) is 7.07. The number of nitrogen functional groups attached to an aromatic ring is 1. The van der Waals surface area contributed by atoms with Crippen molar-refractivity contribution in [3.8, 4) is 22.6 Å². The first-order chi connectivity index (χ1) is 12.6. The lowest BCUT2D eigenvalue weighted by Crippen LogP contribution is -2.24. The Kier molecular flexibility index (Phi) is 5.01. The SMILES string of the molecule is COc1ccc(OC)c([N+](=O)[O-])c1-c1c(C(=O)O)c(N)[nH]c(=O)c1C(=O)O. The van der Waals surface area contributed by atoms with Gasteiger partial charge < -0.3 is 30.4 Å². The third-order valence-corrected chi connectivity index (χ3v) is 3.65. The van der Waals surface area contributed by atoms with Crippen molar-refractivity contribution in [2.75, 3.05) is 20.0 Å². The van der Waals surface area contributed by atoms with E-state index in [0.29, 0.717) is 0 Å². The highest BCUT2D eigenvalue weighted by Crippen LogP contribution is 2.46. The van der Waals surface area contributed by atoms with Gasteiger partial charge in [-0.1, -0.05) is 0 Å². The molecule has 0 amide bonds. The maximum Gasteiger partial charge on any atom is 0.342 e. The molecule has 0 unspecified atom stereocenters. The van der Waals surface area contributed by atoms with E-state index in [1.165, 1.54) is 12.1 Å². The van der Waals surface area contributed by atoms with Gasteiger partial charge >= 0.3 is 17.6 Å². The number of nitrogens with one attached hydrogen (secondary N) is 1. The fourth-order valence-electron chi connectivity index (χ4n) is 2.61. The number of carbonyl (C=O) groups is 2. The van der Waals surface area contributed by atoms with Gasteiger partial charge in [-0.05, 0) is 12.1 Å². The molecule has 0 saturated heterocycles. The lowest BCUT2D eigenvalue weighted by molar-refractivity contribution is -0.385. The maximum atomic E-state index is 12.1. The van der Waals surface area contributed by atoms with Crippen molar-refractivity contribution in [3.05, 3.63) is 43.7 Å². The van der Waals surface area contributed by atoms with Crippen molar-refractivity contribution in [1.82, 2.24) is 4.98 Å². The number of methoxy groups -OCH3 is 2. The first kappa shape index (κ1) is 19.2. The highest BCUT2D eigenvalue weighted by atomic mass is 16.6. The van der Waals surface area contributed by atoms with Crippen LogP contribution in [0.1, 0.15) is 20.7 Å². The third-order valence-electron chi connectivity index (χ3n) is 3.65. The van der Waals surface area contributed by atoms with Crippen LogP contribution in [-0.4, -0.2) is 46.3 Å². The van der Waals surface area contributed by atoms with Crippen LogP contribution in [0.3, 0.4) is 0 Å². The minimum atomic E-state index is -1.81. The monoisotopic (exact) mass is 379 g/mol. The number of pyridine rings is 1. The Balaban J connectivity index is 3.24. The second-order valence-corrected chi connectivity index (χ2v) is 5.05. The Morgan fingerprint density at radius 3 is 2.04 bits per heavy atom. The average Bonchev–Trinajstić information content (AvgIpc) is 2.58. The normalized spacial score (nSPS) is 10.3. The zero-order chi connectivity index (χ0) is 20.5. The standard InChI is InChI=1S/C15H13N3O9/c1-26-5-3-4-6(27-2)11(18(24)25)7(5)8-9(14(20)21)12(16)17-13(19)10(8)15(22)23/h3-4H,1-2H3,(H,20,21)(H,22,23)(H3,16,17,19). The van der Waals surface area contributed by atoms with Crippen LogP contribution in [0.5, 0.6) is 11.5 Å². The number of nitro groups is 1. The Morgan fingerprint density at radius 2 is 1.59 bits per heavy atom. The van der Waals surface area contributed by atoms with Crippen molar-refractivity contribution in [2.45, 2.75) is 0 Å². The highest BCUT2D eigenvalue weighted by molar-refractivity contribution is 6.09. The van der Waals surface area contributed by atoms with Crippen LogP contribution in [-0.2, 0) is 0 Å². The summed E-state index contributed by atoms with van der Waals surface area (Å²) in [4.78, 5) is 48.1. The maximum absolute atomic E-state index is 12.1. The van der Waals surface area contributed by atoms with Crippen LogP contribution in [0.4, 0.5) is 11.5 Å². The second kappa shape index (κ2) is 7.03. The predicted octanol–water partition coefficient (Wildman–Crippen LogP) is 0.946. The zero-order valence-corrected chi connectivity index (χ0v) is 13.9. The molecule has 1 aromatic carbocycles. The molecule has 1 heterocycles. The number of carboxylic acid groups (broad SMARTS) is 2. The number of H-pyrrole nitrogens is 1. The first-order valence-electron chi connectivity index (χ1n) is 7.07. The van der Waals surface area contributed by atoms with Crippen LogP contribution in [0.15, 0.2) is 16.9 Å². The number of carboxylic acids is 2. The highest BCUT2D eigenvalue weighted by Gasteiger charge is 2.35. The summed E-state index contributed by atoms with van der Waals surface area (Å²) in [6.45, 7) is 0. The fourth-order valence-corrected chi connectivity index (χ4v) is 2.61. The minimum absolute atomic E-state index is 0.252. The van der Waals surface area contributed by atoms with Crippen LogP contribution in [0.2, 0.25) is 0 Å². The summed E-state index contributed by atoms with van der Waals surface area (Å²) in [7, 11) is 2.26. The van der Waals surface area contributed by atoms with Crippen molar-refractivity contribution in [2.24, 2.45) is 0 Å². The van der Waals surface area contributed by atoms with E-state index < -0.39 is 56.2 Å². The van der Waals surface area contributed by atoms with Gasteiger partial charge in [0.2, 0.25) is 0 Å². The molecule has 0 radical (unpaired) electrons. The Labute approximate surface area is 149 Å². The summed E-state index contributed by atoms with van der Waals surface area (Å²) in [5, 5.41) is 30.5. The van der Waals surface area contributed by atoms with Crippen molar-refractivity contribution >= 4 is 23.4 Å². The van der Waals surface area contributed by atoms with Gasteiger partial charge in [-0.15, -0.1) is 0 Å². The molecule has 12 nitrogen and oxygen atoms in total. The lowest BCUT2D eigenvalue weighted by Gasteiger charge is -2.16. The molecular formula is C15H13N3O9. The quantitative estimate of drug-likeness (QED) is 0.414. The number of anilines is 1. The van der Waals surface area contributed by atoms with Gasteiger partial charge in [0, 0.05) is 5.56 Å². The smallest absolute Gasteiger partial charge is 0.342 e. The van der Waals surface area contributed by atoms with Crippen LogP contribution < -0.4 is 20.8 Å². The third kappa shape index (κ3) is 3.10. The van der Waals surface area contributed by atoms with Crippen LogP contribution >= 0.6 is 0 Å². The number of rotatable bonds is 6. The molecule has 0 saturated carbocycles. The van der Waals surface area contributed by atoms with E-state index in [4.69, 9.17) is 15.2 Å². The Morgan fingerprint density at radius 1 is 1.07 bits per heavy atom. The van der Waals surface area contributed by atoms with Gasteiger partial charge in [0.15, 0.2) is 5.75 Å². The molecule has 0 fully saturated rings. The number of nitro benzene ring substituents is 1. The molecule has 0 aliphatic carbocycles. The van der Waals surface area contributed by atoms with Gasteiger partial charge in [0.1, 0.15) is 28.3 Å². The van der Waals surface area contributed by atoms with E-state index in [1.54, 1.807) is 0 Å². The summed E-state index contributed by atoms with van der Waals surface area (Å²) in [6.07, 6.45) is 0. The Hall–Kier alpha value is -4.09. The molecule has 27 heavy (non-hydrogen) atoms. The largest absolute Gasteiger partial charge is 0.496 e. The Bertz CT molecular complexity index is 1030. The van der Waals surface area contributed by atoms with Gasteiger partial charge in [-0.25, -0.2) is 9.59 Å². The summed E-state index contributed by atoms with van der Waals surface area (Å²) in [5.41, 5.74) is 0.322.